The third kappa shape index (κ3) is 4.65. The highest BCUT2D eigenvalue weighted by Gasteiger charge is 2.20. The average Bonchev–Trinajstić information content (AvgIpc) is 3.07. The number of sulfone groups is 1. The monoisotopic (exact) mass is 448 g/mol. The van der Waals surface area contributed by atoms with Crippen molar-refractivity contribution in [3.63, 3.8) is 0 Å². The zero-order chi connectivity index (χ0) is 21.0. The first-order valence-electron chi connectivity index (χ1n) is 9.43. The Bertz CT molecular complexity index is 1210. The Morgan fingerprint density at radius 3 is 2.62 bits per heavy atom. The van der Waals surface area contributed by atoms with Gasteiger partial charge >= 0.3 is 0 Å². The number of amides is 1. The van der Waals surface area contributed by atoms with Crippen LogP contribution in [0, 0.1) is 0 Å². The third-order valence-corrected chi connectivity index (χ3v) is 8.12. The van der Waals surface area contributed by atoms with Crippen molar-refractivity contribution >= 4 is 49.1 Å². The molecule has 0 saturated carbocycles. The van der Waals surface area contributed by atoms with Crippen LogP contribution in [0.15, 0.2) is 52.4 Å². The first-order valence-corrected chi connectivity index (χ1v) is 13.3. The van der Waals surface area contributed by atoms with E-state index in [1.165, 1.54) is 29.0 Å². The zero-order valence-corrected chi connectivity index (χ0v) is 19.2. The standard InChI is InChI=1S/C21H24N2O3S3/c1-4-15-10-11-17-18(14-15)28-21(23(17)12-13-27-3)22-20(24)16-8-6-7-9-19(16)29(25,26)5-2/h6-11,14H,4-5,12-13H2,1-3H3. The molecule has 0 aliphatic heterocycles. The molecule has 0 bridgehead atoms. The minimum atomic E-state index is -3.51. The summed E-state index contributed by atoms with van der Waals surface area (Å²) in [6.45, 7) is 4.41. The molecule has 0 unspecified atom stereocenters. The van der Waals surface area contributed by atoms with Crippen molar-refractivity contribution in [3.05, 3.63) is 58.4 Å². The van der Waals surface area contributed by atoms with Gasteiger partial charge in [-0.1, -0.05) is 43.4 Å². The van der Waals surface area contributed by atoms with Gasteiger partial charge in [0.05, 0.1) is 26.4 Å². The van der Waals surface area contributed by atoms with Crippen LogP contribution in [0.3, 0.4) is 0 Å². The average molecular weight is 449 g/mol. The van der Waals surface area contributed by atoms with Crippen LogP contribution in [0.2, 0.25) is 0 Å². The van der Waals surface area contributed by atoms with Gasteiger partial charge in [-0.2, -0.15) is 16.8 Å². The Morgan fingerprint density at radius 2 is 1.93 bits per heavy atom. The van der Waals surface area contributed by atoms with Gasteiger partial charge in [0.25, 0.3) is 5.91 Å². The molecule has 0 atom stereocenters. The maximum Gasteiger partial charge on any atom is 0.280 e. The lowest BCUT2D eigenvalue weighted by Gasteiger charge is -2.06. The number of carbonyl (C=O) groups excluding carboxylic acids is 1. The number of rotatable bonds is 7. The molecule has 5 nitrogen and oxygen atoms in total. The largest absolute Gasteiger partial charge is 0.316 e. The van der Waals surface area contributed by atoms with E-state index in [1.54, 1.807) is 30.8 Å². The summed E-state index contributed by atoms with van der Waals surface area (Å²) in [4.78, 5) is 18.0. The maximum absolute atomic E-state index is 13.0. The minimum absolute atomic E-state index is 0.0429. The van der Waals surface area contributed by atoms with Crippen molar-refractivity contribution in [2.45, 2.75) is 31.7 Å². The normalized spacial score (nSPS) is 12.6. The number of fused-ring (bicyclic) bond motifs is 1. The summed E-state index contributed by atoms with van der Waals surface area (Å²) in [7, 11) is -3.51. The molecule has 3 aromatic rings. The molecule has 0 aliphatic rings. The van der Waals surface area contributed by atoms with E-state index in [-0.39, 0.29) is 16.2 Å². The summed E-state index contributed by atoms with van der Waals surface area (Å²) in [5, 5.41) is 0. The molecule has 1 aromatic heterocycles. The summed E-state index contributed by atoms with van der Waals surface area (Å²) in [6.07, 6.45) is 2.98. The Balaban J connectivity index is 2.16. The number of hydrogen-bond donors (Lipinski definition) is 0. The molecule has 1 amide bonds. The van der Waals surface area contributed by atoms with Crippen LogP contribution in [0.5, 0.6) is 0 Å². The molecule has 0 aliphatic carbocycles. The number of thiazole rings is 1. The topological polar surface area (TPSA) is 68.5 Å². The Morgan fingerprint density at radius 1 is 1.17 bits per heavy atom. The molecule has 0 fully saturated rings. The highest BCUT2D eigenvalue weighted by atomic mass is 32.2. The summed E-state index contributed by atoms with van der Waals surface area (Å²) < 4.78 is 27.9. The molecule has 0 spiro atoms. The third-order valence-electron chi connectivity index (χ3n) is 4.70. The fourth-order valence-corrected chi connectivity index (χ4v) is 5.61. The number of carbonyl (C=O) groups is 1. The van der Waals surface area contributed by atoms with Crippen molar-refractivity contribution in [1.29, 1.82) is 0 Å². The van der Waals surface area contributed by atoms with Gasteiger partial charge < -0.3 is 4.57 Å². The van der Waals surface area contributed by atoms with Crippen molar-refractivity contribution in [2.24, 2.45) is 4.99 Å². The van der Waals surface area contributed by atoms with Crippen molar-refractivity contribution in [3.8, 4) is 0 Å². The fraction of sp³-hybridized carbons (Fsp3) is 0.333. The van der Waals surface area contributed by atoms with E-state index in [9.17, 15) is 13.2 Å². The van der Waals surface area contributed by atoms with Crippen LogP contribution in [0.1, 0.15) is 29.8 Å². The molecule has 0 N–H and O–H groups in total. The van der Waals surface area contributed by atoms with Gasteiger partial charge in [0.15, 0.2) is 14.6 Å². The fourth-order valence-electron chi connectivity index (χ4n) is 3.04. The van der Waals surface area contributed by atoms with E-state index in [4.69, 9.17) is 0 Å². The zero-order valence-electron chi connectivity index (χ0n) is 16.7. The molecule has 29 heavy (non-hydrogen) atoms. The highest BCUT2D eigenvalue weighted by molar-refractivity contribution is 7.98. The van der Waals surface area contributed by atoms with Gasteiger partial charge in [-0.05, 0) is 42.5 Å². The Labute approximate surface area is 179 Å². The second-order valence-corrected chi connectivity index (χ2v) is 10.7. The lowest BCUT2D eigenvalue weighted by atomic mass is 10.2. The maximum atomic E-state index is 13.0. The van der Waals surface area contributed by atoms with Crippen LogP contribution >= 0.6 is 23.1 Å². The Kier molecular flexibility index (Phi) is 6.97. The van der Waals surface area contributed by atoms with Gasteiger partial charge in [0, 0.05) is 12.3 Å². The second-order valence-electron chi connectivity index (χ2n) is 6.50. The SMILES string of the molecule is CCc1ccc2c(c1)sc(=NC(=O)c1ccccc1S(=O)(=O)CC)n2CCSC. The van der Waals surface area contributed by atoms with E-state index in [1.807, 2.05) is 10.8 Å². The summed E-state index contributed by atoms with van der Waals surface area (Å²) in [5.74, 6) is 0.301. The molecular weight excluding hydrogens is 424 g/mol. The molecule has 1 heterocycles. The first-order chi connectivity index (χ1) is 13.9. The van der Waals surface area contributed by atoms with E-state index < -0.39 is 15.7 Å². The first kappa shape index (κ1) is 21.8. The minimum Gasteiger partial charge on any atom is -0.316 e. The van der Waals surface area contributed by atoms with Crippen LogP contribution in [-0.2, 0) is 22.8 Å². The molecule has 0 radical (unpaired) electrons. The Hall–Kier alpha value is -1.90. The van der Waals surface area contributed by atoms with Crippen LogP contribution in [0.25, 0.3) is 10.2 Å². The number of hydrogen-bond acceptors (Lipinski definition) is 5. The summed E-state index contributed by atoms with van der Waals surface area (Å²) in [6, 6.07) is 12.6. The highest BCUT2D eigenvalue weighted by Crippen LogP contribution is 2.21. The van der Waals surface area contributed by atoms with Crippen molar-refractivity contribution in [1.82, 2.24) is 4.57 Å². The lowest BCUT2D eigenvalue weighted by Crippen LogP contribution is -2.19. The predicted octanol–water partition coefficient (Wildman–Crippen LogP) is 4.16. The van der Waals surface area contributed by atoms with Crippen molar-refractivity contribution < 1.29 is 13.2 Å². The number of benzene rings is 2. The lowest BCUT2D eigenvalue weighted by molar-refractivity contribution is 0.0994. The molecule has 0 saturated heterocycles. The van der Waals surface area contributed by atoms with E-state index in [0.29, 0.717) is 4.80 Å². The molecule has 154 valence electrons. The number of aryl methyl sites for hydroxylation is 2. The van der Waals surface area contributed by atoms with Crippen LogP contribution in [0.4, 0.5) is 0 Å². The van der Waals surface area contributed by atoms with Crippen molar-refractivity contribution in [2.75, 3.05) is 17.8 Å². The smallest absolute Gasteiger partial charge is 0.280 e. The quantitative estimate of drug-likeness (QED) is 0.544. The molecule has 3 rings (SSSR count). The van der Waals surface area contributed by atoms with Gasteiger partial charge in [-0.15, -0.1) is 0 Å². The van der Waals surface area contributed by atoms with E-state index in [2.05, 4.69) is 30.1 Å². The predicted molar refractivity (Wildman–Crippen MR) is 122 cm³/mol. The van der Waals surface area contributed by atoms with E-state index >= 15 is 0 Å². The molecule has 8 heteroatoms. The number of nitrogens with zero attached hydrogens (tertiary/aromatic N) is 2. The van der Waals surface area contributed by atoms with E-state index in [0.717, 1.165) is 28.9 Å². The second kappa shape index (κ2) is 9.28. The van der Waals surface area contributed by atoms with Crippen LogP contribution < -0.4 is 4.80 Å². The molecular formula is C21H24N2O3S3. The number of thioether (sulfide) groups is 1. The van der Waals surface area contributed by atoms with Crippen LogP contribution in [-0.4, -0.2) is 36.7 Å². The number of aromatic nitrogens is 1. The molecule has 2 aromatic carbocycles. The summed E-state index contributed by atoms with van der Waals surface area (Å²) >= 11 is 3.19. The van der Waals surface area contributed by atoms with Gasteiger partial charge in [-0.3, -0.25) is 4.79 Å². The van der Waals surface area contributed by atoms with Gasteiger partial charge in [0.1, 0.15) is 0 Å². The van der Waals surface area contributed by atoms with Gasteiger partial charge in [-0.25, -0.2) is 8.42 Å². The summed E-state index contributed by atoms with van der Waals surface area (Å²) in [5.41, 5.74) is 2.40. The van der Waals surface area contributed by atoms with Gasteiger partial charge in [0.2, 0.25) is 0 Å².